The lowest BCUT2D eigenvalue weighted by molar-refractivity contribution is 0.454. The fourth-order valence-electron chi connectivity index (χ4n) is 1.52. The Morgan fingerprint density at radius 3 is 2.58 bits per heavy atom. The lowest BCUT2D eigenvalue weighted by Crippen LogP contribution is -2.24. The highest BCUT2D eigenvalue weighted by atomic mass is 32.2. The zero-order valence-corrected chi connectivity index (χ0v) is 9.17. The van der Waals surface area contributed by atoms with Crippen molar-refractivity contribution in [3.8, 4) is 0 Å². The van der Waals surface area contributed by atoms with Crippen molar-refractivity contribution in [3.05, 3.63) is 0 Å². The van der Waals surface area contributed by atoms with E-state index in [1.54, 1.807) is 0 Å². The minimum Gasteiger partial charge on any atom is -0.316 e. The Morgan fingerprint density at radius 2 is 2.08 bits per heavy atom. The Kier molecular flexibility index (Phi) is 4.44. The number of thioether (sulfide) groups is 1. The molecule has 2 heteroatoms. The van der Waals surface area contributed by atoms with Gasteiger partial charge in [0.1, 0.15) is 0 Å². The molecule has 0 atom stereocenters. The van der Waals surface area contributed by atoms with Gasteiger partial charge in [-0.15, -0.1) is 0 Å². The van der Waals surface area contributed by atoms with E-state index in [1.807, 2.05) is 0 Å². The van der Waals surface area contributed by atoms with Crippen molar-refractivity contribution < 1.29 is 0 Å². The van der Waals surface area contributed by atoms with Crippen molar-refractivity contribution in [2.24, 2.45) is 5.41 Å². The highest BCUT2D eigenvalue weighted by Gasteiger charge is 2.40. The van der Waals surface area contributed by atoms with E-state index in [4.69, 9.17) is 0 Å². The monoisotopic (exact) mass is 187 g/mol. The van der Waals surface area contributed by atoms with Gasteiger partial charge in [-0.05, 0) is 42.7 Å². The average Bonchev–Trinajstić information content (AvgIpc) is 2.83. The van der Waals surface area contributed by atoms with Crippen molar-refractivity contribution in [2.45, 2.75) is 33.1 Å². The molecule has 72 valence electrons. The molecule has 0 spiro atoms. The number of nitrogens with one attached hydrogen (secondary N) is 1. The van der Waals surface area contributed by atoms with Crippen LogP contribution in [0.4, 0.5) is 0 Å². The van der Waals surface area contributed by atoms with Gasteiger partial charge >= 0.3 is 0 Å². The van der Waals surface area contributed by atoms with Gasteiger partial charge in [0.05, 0.1) is 0 Å². The van der Waals surface area contributed by atoms with Crippen molar-refractivity contribution in [1.29, 1.82) is 0 Å². The van der Waals surface area contributed by atoms with Crippen LogP contribution in [-0.4, -0.2) is 24.6 Å². The van der Waals surface area contributed by atoms with Gasteiger partial charge in [-0.2, -0.15) is 11.8 Å². The van der Waals surface area contributed by atoms with Gasteiger partial charge in [-0.1, -0.05) is 13.8 Å². The molecule has 1 N–H and O–H groups in total. The van der Waals surface area contributed by atoms with Crippen LogP contribution in [0.3, 0.4) is 0 Å². The summed E-state index contributed by atoms with van der Waals surface area (Å²) < 4.78 is 0. The van der Waals surface area contributed by atoms with Crippen molar-refractivity contribution in [1.82, 2.24) is 5.32 Å². The Balaban J connectivity index is 2.04. The Labute approximate surface area is 80.7 Å². The molecular weight excluding hydrogens is 166 g/mol. The molecule has 0 aromatic rings. The Morgan fingerprint density at radius 1 is 1.33 bits per heavy atom. The predicted octanol–water partition coefficient (Wildman–Crippen LogP) is 2.52. The smallest absolute Gasteiger partial charge is 0.000799 e. The first-order valence-corrected chi connectivity index (χ1v) is 6.27. The molecule has 0 amide bonds. The number of hydrogen-bond donors (Lipinski definition) is 1. The standard InChI is InChI=1S/C10H21NS/c1-3-11-9-10(5-6-10)7-8-12-4-2/h11H,3-9H2,1-2H3. The largest absolute Gasteiger partial charge is 0.316 e. The van der Waals surface area contributed by atoms with Crippen molar-refractivity contribution in [3.63, 3.8) is 0 Å². The fraction of sp³-hybridized carbons (Fsp3) is 1.00. The summed E-state index contributed by atoms with van der Waals surface area (Å²) in [5.41, 5.74) is 0.720. The van der Waals surface area contributed by atoms with Gasteiger partial charge in [0.15, 0.2) is 0 Å². The first-order valence-electron chi connectivity index (χ1n) is 5.11. The summed E-state index contributed by atoms with van der Waals surface area (Å²) in [5, 5.41) is 3.47. The third-order valence-corrected chi connectivity index (χ3v) is 3.59. The molecule has 0 saturated heterocycles. The third kappa shape index (κ3) is 3.36. The topological polar surface area (TPSA) is 12.0 Å². The second-order valence-electron chi connectivity index (χ2n) is 3.73. The van der Waals surface area contributed by atoms with Crippen LogP contribution in [0.25, 0.3) is 0 Å². The van der Waals surface area contributed by atoms with E-state index in [2.05, 4.69) is 30.9 Å². The van der Waals surface area contributed by atoms with Crippen LogP contribution in [-0.2, 0) is 0 Å². The van der Waals surface area contributed by atoms with Gasteiger partial charge in [-0.3, -0.25) is 0 Å². The summed E-state index contributed by atoms with van der Waals surface area (Å²) in [7, 11) is 0. The highest BCUT2D eigenvalue weighted by molar-refractivity contribution is 7.99. The molecule has 1 saturated carbocycles. The maximum absolute atomic E-state index is 3.47. The summed E-state index contributed by atoms with van der Waals surface area (Å²) in [4.78, 5) is 0. The Bertz CT molecular complexity index is 121. The van der Waals surface area contributed by atoms with Crippen LogP contribution in [0, 0.1) is 5.41 Å². The minimum atomic E-state index is 0.720. The van der Waals surface area contributed by atoms with E-state index >= 15 is 0 Å². The molecule has 0 unspecified atom stereocenters. The molecule has 0 radical (unpaired) electrons. The van der Waals surface area contributed by atoms with Crippen LogP contribution in [0.15, 0.2) is 0 Å². The lowest BCUT2D eigenvalue weighted by atomic mass is 10.0. The lowest BCUT2D eigenvalue weighted by Gasteiger charge is -2.14. The van der Waals surface area contributed by atoms with Gasteiger partial charge < -0.3 is 5.32 Å². The normalized spacial score (nSPS) is 19.5. The summed E-state index contributed by atoms with van der Waals surface area (Å²) in [5.74, 6) is 2.64. The molecule has 1 nitrogen and oxygen atoms in total. The van der Waals surface area contributed by atoms with Crippen LogP contribution in [0.5, 0.6) is 0 Å². The summed E-state index contributed by atoms with van der Waals surface area (Å²) in [6.45, 7) is 6.82. The molecule has 0 aliphatic heterocycles. The van der Waals surface area contributed by atoms with Crippen LogP contribution < -0.4 is 5.32 Å². The molecule has 12 heavy (non-hydrogen) atoms. The van der Waals surface area contributed by atoms with Gasteiger partial charge in [0.25, 0.3) is 0 Å². The number of hydrogen-bond acceptors (Lipinski definition) is 2. The molecule has 0 heterocycles. The zero-order valence-electron chi connectivity index (χ0n) is 8.36. The predicted molar refractivity (Wildman–Crippen MR) is 57.8 cm³/mol. The average molecular weight is 187 g/mol. The second-order valence-corrected chi connectivity index (χ2v) is 5.12. The number of rotatable bonds is 7. The quantitative estimate of drug-likeness (QED) is 0.615. The van der Waals surface area contributed by atoms with Gasteiger partial charge in [-0.25, -0.2) is 0 Å². The summed E-state index contributed by atoms with van der Waals surface area (Å²) in [6, 6.07) is 0. The van der Waals surface area contributed by atoms with Crippen LogP contribution in [0.2, 0.25) is 0 Å². The molecule has 1 aliphatic carbocycles. The maximum atomic E-state index is 3.47. The fourth-order valence-corrected chi connectivity index (χ4v) is 2.38. The highest BCUT2D eigenvalue weighted by Crippen LogP contribution is 2.48. The molecule has 1 rings (SSSR count). The van der Waals surface area contributed by atoms with Gasteiger partial charge in [0, 0.05) is 6.54 Å². The van der Waals surface area contributed by atoms with Crippen molar-refractivity contribution >= 4 is 11.8 Å². The van der Waals surface area contributed by atoms with E-state index in [0.29, 0.717) is 0 Å². The van der Waals surface area contributed by atoms with E-state index in [0.717, 1.165) is 12.0 Å². The van der Waals surface area contributed by atoms with Crippen LogP contribution >= 0.6 is 11.8 Å². The zero-order chi connectivity index (χ0) is 8.86. The molecule has 0 aromatic heterocycles. The molecule has 1 aliphatic rings. The van der Waals surface area contributed by atoms with Crippen molar-refractivity contribution in [2.75, 3.05) is 24.6 Å². The van der Waals surface area contributed by atoms with Gasteiger partial charge in [0.2, 0.25) is 0 Å². The maximum Gasteiger partial charge on any atom is 0.000799 e. The molecule has 0 aromatic carbocycles. The second kappa shape index (κ2) is 5.13. The van der Waals surface area contributed by atoms with E-state index in [-0.39, 0.29) is 0 Å². The molecule has 1 fully saturated rings. The first kappa shape index (κ1) is 10.4. The summed E-state index contributed by atoms with van der Waals surface area (Å²) in [6.07, 6.45) is 4.35. The third-order valence-electron chi connectivity index (χ3n) is 2.69. The SMILES string of the molecule is CCNCC1(CCSCC)CC1. The van der Waals surface area contributed by atoms with Crippen LogP contribution in [0.1, 0.15) is 33.1 Å². The van der Waals surface area contributed by atoms with E-state index in [9.17, 15) is 0 Å². The Hall–Kier alpha value is 0.310. The van der Waals surface area contributed by atoms with E-state index < -0.39 is 0 Å². The minimum absolute atomic E-state index is 0.720. The summed E-state index contributed by atoms with van der Waals surface area (Å²) >= 11 is 2.08. The molecular formula is C10H21NS. The molecule has 0 bridgehead atoms. The first-order chi connectivity index (χ1) is 5.83. The van der Waals surface area contributed by atoms with E-state index in [1.165, 1.54) is 37.3 Å².